The van der Waals surface area contributed by atoms with E-state index in [-0.39, 0.29) is 0 Å². The third-order valence-electron chi connectivity index (χ3n) is 4.89. The maximum atomic E-state index is 5.44. The Labute approximate surface area is 167 Å². The van der Waals surface area contributed by atoms with Gasteiger partial charge in [-0.05, 0) is 31.0 Å². The van der Waals surface area contributed by atoms with E-state index in [0.29, 0.717) is 12.6 Å². The predicted molar refractivity (Wildman–Crippen MR) is 112 cm³/mol. The molecule has 0 saturated carbocycles. The summed E-state index contributed by atoms with van der Waals surface area (Å²) in [5.41, 5.74) is 2.43. The molecule has 152 valence electrons. The first-order valence-electron chi connectivity index (χ1n) is 10.1. The number of rotatable bonds is 8. The van der Waals surface area contributed by atoms with Crippen molar-refractivity contribution in [2.45, 2.75) is 33.0 Å². The summed E-state index contributed by atoms with van der Waals surface area (Å²) < 4.78 is 7.37. The lowest BCUT2D eigenvalue weighted by atomic mass is 10.1. The van der Waals surface area contributed by atoms with Gasteiger partial charge in [0.05, 0.1) is 26.3 Å². The molecule has 2 heterocycles. The van der Waals surface area contributed by atoms with Crippen molar-refractivity contribution in [3.05, 3.63) is 53.9 Å². The monoisotopic (exact) mass is 384 g/mol. The Morgan fingerprint density at radius 3 is 2.79 bits per heavy atom. The van der Waals surface area contributed by atoms with Gasteiger partial charge in [0.1, 0.15) is 0 Å². The molecule has 1 atom stereocenters. The number of ether oxygens (including phenoxy) is 1. The lowest BCUT2D eigenvalue weighted by Crippen LogP contribution is -2.49. The number of nitrogens with zero attached hydrogens (tertiary/aromatic N) is 4. The SMILES string of the molecule is CCNC(=NCc1cccc(Cn2cccn2)c1)NCC(C)N1CCOCC1. The highest BCUT2D eigenvalue weighted by Gasteiger charge is 2.16. The van der Waals surface area contributed by atoms with Crippen LogP contribution >= 0.6 is 0 Å². The molecule has 2 N–H and O–H groups in total. The molecule has 0 aliphatic carbocycles. The van der Waals surface area contributed by atoms with Crippen LogP contribution in [0.1, 0.15) is 25.0 Å². The van der Waals surface area contributed by atoms with Gasteiger partial charge in [-0.3, -0.25) is 9.58 Å². The number of morpholine rings is 1. The Balaban J connectivity index is 1.54. The highest BCUT2D eigenvalue weighted by molar-refractivity contribution is 5.79. The van der Waals surface area contributed by atoms with Crippen molar-refractivity contribution in [1.29, 1.82) is 0 Å². The molecule has 1 saturated heterocycles. The van der Waals surface area contributed by atoms with Crippen molar-refractivity contribution >= 4 is 5.96 Å². The van der Waals surface area contributed by atoms with Gasteiger partial charge in [-0.15, -0.1) is 0 Å². The Morgan fingerprint density at radius 2 is 2.04 bits per heavy atom. The lowest BCUT2D eigenvalue weighted by molar-refractivity contribution is 0.0211. The third kappa shape index (κ3) is 6.35. The minimum absolute atomic E-state index is 0.449. The molecule has 1 aliphatic rings. The fourth-order valence-electron chi connectivity index (χ4n) is 3.31. The molecule has 1 fully saturated rings. The van der Waals surface area contributed by atoms with Crippen LogP contribution in [0.25, 0.3) is 0 Å². The third-order valence-corrected chi connectivity index (χ3v) is 4.89. The number of nitrogens with one attached hydrogen (secondary N) is 2. The quantitative estimate of drug-likeness (QED) is 0.536. The number of aliphatic imine (C=N–C) groups is 1. The van der Waals surface area contributed by atoms with Crippen LogP contribution in [0.4, 0.5) is 0 Å². The molecule has 28 heavy (non-hydrogen) atoms. The van der Waals surface area contributed by atoms with Crippen molar-refractivity contribution < 1.29 is 4.74 Å². The molecule has 7 nitrogen and oxygen atoms in total. The second-order valence-corrected chi connectivity index (χ2v) is 7.10. The van der Waals surface area contributed by atoms with E-state index < -0.39 is 0 Å². The van der Waals surface area contributed by atoms with Crippen LogP contribution in [0, 0.1) is 0 Å². The summed E-state index contributed by atoms with van der Waals surface area (Å²) in [6.45, 7) is 11.1. The smallest absolute Gasteiger partial charge is 0.191 e. The van der Waals surface area contributed by atoms with Gasteiger partial charge in [0.15, 0.2) is 5.96 Å². The van der Waals surface area contributed by atoms with Crippen LogP contribution < -0.4 is 10.6 Å². The highest BCUT2D eigenvalue weighted by Crippen LogP contribution is 2.08. The summed E-state index contributed by atoms with van der Waals surface area (Å²) in [6, 6.07) is 10.9. The zero-order valence-electron chi connectivity index (χ0n) is 17.0. The topological polar surface area (TPSA) is 66.7 Å². The molecular formula is C21H32N6O. The van der Waals surface area contributed by atoms with Gasteiger partial charge in [-0.2, -0.15) is 5.10 Å². The summed E-state index contributed by atoms with van der Waals surface area (Å²) in [4.78, 5) is 7.22. The van der Waals surface area contributed by atoms with Crippen LogP contribution in [-0.2, 0) is 17.8 Å². The Kier molecular flexibility index (Phi) is 7.87. The molecule has 1 aromatic heterocycles. The second kappa shape index (κ2) is 10.8. The van der Waals surface area contributed by atoms with Crippen molar-refractivity contribution in [3.63, 3.8) is 0 Å². The minimum Gasteiger partial charge on any atom is -0.379 e. The molecule has 1 unspecified atom stereocenters. The van der Waals surface area contributed by atoms with E-state index in [1.807, 2.05) is 16.9 Å². The predicted octanol–water partition coefficient (Wildman–Crippen LogP) is 1.71. The number of benzene rings is 1. The van der Waals surface area contributed by atoms with Gasteiger partial charge in [-0.1, -0.05) is 24.3 Å². The van der Waals surface area contributed by atoms with Gasteiger partial charge in [-0.25, -0.2) is 4.99 Å². The molecule has 2 aromatic rings. The fourth-order valence-corrected chi connectivity index (χ4v) is 3.31. The van der Waals surface area contributed by atoms with Crippen LogP contribution in [0.15, 0.2) is 47.7 Å². The summed E-state index contributed by atoms with van der Waals surface area (Å²) in [6.07, 6.45) is 3.79. The van der Waals surface area contributed by atoms with E-state index in [1.165, 1.54) is 11.1 Å². The molecule has 3 rings (SSSR count). The standard InChI is InChI=1S/C21H32N6O/c1-3-22-21(23-15-18(2)26-10-12-28-13-11-26)24-16-19-6-4-7-20(14-19)17-27-9-5-8-25-27/h4-9,14,18H,3,10-13,15-17H2,1-2H3,(H2,22,23,24). The van der Waals surface area contributed by atoms with E-state index in [9.17, 15) is 0 Å². The largest absolute Gasteiger partial charge is 0.379 e. The molecular weight excluding hydrogens is 352 g/mol. The van der Waals surface area contributed by atoms with Crippen molar-refractivity contribution in [1.82, 2.24) is 25.3 Å². The van der Waals surface area contributed by atoms with E-state index >= 15 is 0 Å². The molecule has 1 aliphatic heterocycles. The first-order chi connectivity index (χ1) is 13.7. The first-order valence-corrected chi connectivity index (χ1v) is 10.1. The number of guanidine groups is 1. The van der Waals surface area contributed by atoms with E-state index in [0.717, 1.165) is 51.9 Å². The Hall–Kier alpha value is -2.38. The lowest BCUT2D eigenvalue weighted by Gasteiger charge is -2.32. The maximum Gasteiger partial charge on any atom is 0.191 e. The molecule has 0 bridgehead atoms. The Morgan fingerprint density at radius 1 is 1.21 bits per heavy atom. The second-order valence-electron chi connectivity index (χ2n) is 7.10. The van der Waals surface area contributed by atoms with E-state index in [2.05, 4.69) is 58.7 Å². The van der Waals surface area contributed by atoms with Gasteiger partial charge < -0.3 is 15.4 Å². The van der Waals surface area contributed by atoms with E-state index in [4.69, 9.17) is 9.73 Å². The average Bonchev–Trinajstić information content (AvgIpc) is 3.24. The number of aromatic nitrogens is 2. The number of hydrogen-bond acceptors (Lipinski definition) is 4. The van der Waals surface area contributed by atoms with E-state index in [1.54, 1.807) is 6.20 Å². The highest BCUT2D eigenvalue weighted by atomic mass is 16.5. The van der Waals surface area contributed by atoms with Crippen LogP contribution in [0.3, 0.4) is 0 Å². The maximum absolute atomic E-state index is 5.44. The van der Waals surface area contributed by atoms with Crippen molar-refractivity contribution in [2.24, 2.45) is 4.99 Å². The zero-order chi connectivity index (χ0) is 19.6. The van der Waals surface area contributed by atoms with Gasteiger partial charge >= 0.3 is 0 Å². The molecule has 0 spiro atoms. The van der Waals surface area contributed by atoms with Crippen LogP contribution in [-0.4, -0.2) is 66.1 Å². The summed E-state index contributed by atoms with van der Waals surface area (Å²) in [7, 11) is 0. The molecule has 0 radical (unpaired) electrons. The first kappa shape index (κ1) is 20.4. The van der Waals surface area contributed by atoms with Crippen molar-refractivity contribution in [2.75, 3.05) is 39.4 Å². The Bertz CT molecular complexity index is 724. The fraction of sp³-hybridized carbons (Fsp3) is 0.524. The van der Waals surface area contributed by atoms with Crippen LogP contribution in [0.5, 0.6) is 0 Å². The summed E-state index contributed by atoms with van der Waals surface area (Å²) in [5, 5.41) is 11.1. The summed E-state index contributed by atoms with van der Waals surface area (Å²) in [5.74, 6) is 0.861. The van der Waals surface area contributed by atoms with Gasteiger partial charge in [0.2, 0.25) is 0 Å². The van der Waals surface area contributed by atoms with Gasteiger partial charge in [0.25, 0.3) is 0 Å². The summed E-state index contributed by atoms with van der Waals surface area (Å²) >= 11 is 0. The molecule has 1 aromatic carbocycles. The zero-order valence-corrected chi connectivity index (χ0v) is 17.0. The average molecular weight is 385 g/mol. The molecule has 7 heteroatoms. The van der Waals surface area contributed by atoms with Crippen molar-refractivity contribution in [3.8, 4) is 0 Å². The van der Waals surface area contributed by atoms with Gasteiger partial charge in [0, 0.05) is 44.6 Å². The normalized spacial score (nSPS) is 16.7. The molecule has 0 amide bonds. The van der Waals surface area contributed by atoms with Crippen LogP contribution in [0.2, 0.25) is 0 Å². The minimum atomic E-state index is 0.449. The number of hydrogen-bond donors (Lipinski definition) is 2.